The summed E-state index contributed by atoms with van der Waals surface area (Å²) in [6.45, 7) is 0. The first kappa shape index (κ1) is 14.1. The van der Waals surface area contributed by atoms with Crippen LogP contribution in [0.25, 0.3) is 0 Å². The van der Waals surface area contributed by atoms with Gasteiger partial charge < -0.3 is 0 Å². The Kier molecular flexibility index (Phi) is 3.21. The number of fused-ring (bicyclic) bond motifs is 2. The van der Waals surface area contributed by atoms with Crippen molar-refractivity contribution in [2.24, 2.45) is 11.8 Å². The third-order valence-corrected chi connectivity index (χ3v) is 8.85. The van der Waals surface area contributed by atoms with E-state index >= 15 is 0 Å². The van der Waals surface area contributed by atoms with Crippen LogP contribution in [0.1, 0.15) is 19.3 Å². The highest BCUT2D eigenvalue weighted by molar-refractivity contribution is 7.95. The van der Waals surface area contributed by atoms with Crippen LogP contribution < -0.4 is 0 Å². The molecule has 0 radical (unpaired) electrons. The Morgan fingerprint density at radius 1 is 0.900 bits per heavy atom. The molecule has 2 saturated carbocycles. The summed E-state index contributed by atoms with van der Waals surface area (Å²) < 4.78 is 49.7. The fraction of sp³-hybridized carbons (Fsp3) is 0.571. The van der Waals surface area contributed by atoms with Crippen molar-refractivity contribution in [3.63, 3.8) is 0 Å². The SMILES string of the molecule is CS(=O)(=O)[C@@H]1[C@@H]2CC[C@@H](C2)[C@H]1S(=O)(=O)c1ccccc1. The van der Waals surface area contributed by atoms with Crippen molar-refractivity contribution >= 4 is 19.7 Å². The molecule has 0 amide bonds. The van der Waals surface area contributed by atoms with Gasteiger partial charge in [-0.1, -0.05) is 18.2 Å². The topological polar surface area (TPSA) is 68.3 Å². The molecular weight excluding hydrogens is 296 g/mol. The normalized spacial score (nSPS) is 33.5. The summed E-state index contributed by atoms with van der Waals surface area (Å²) in [7, 11) is -6.93. The maximum atomic E-state index is 12.8. The summed E-state index contributed by atoms with van der Waals surface area (Å²) in [6.07, 6.45) is 3.57. The summed E-state index contributed by atoms with van der Waals surface area (Å²) in [6, 6.07) is 8.22. The number of benzene rings is 1. The van der Waals surface area contributed by atoms with Crippen molar-refractivity contribution in [3.8, 4) is 0 Å². The van der Waals surface area contributed by atoms with E-state index in [-0.39, 0.29) is 16.7 Å². The molecule has 0 aliphatic heterocycles. The van der Waals surface area contributed by atoms with Gasteiger partial charge >= 0.3 is 0 Å². The summed E-state index contributed by atoms with van der Waals surface area (Å²) in [4.78, 5) is 0.242. The van der Waals surface area contributed by atoms with Crippen LogP contribution >= 0.6 is 0 Å². The lowest BCUT2D eigenvalue weighted by Gasteiger charge is -2.29. The van der Waals surface area contributed by atoms with Crippen LogP contribution in [0.2, 0.25) is 0 Å². The standard InChI is InChI=1S/C14H18O4S2/c1-19(15,16)13-10-7-8-11(9-10)14(13)20(17,18)12-5-3-2-4-6-12/h2-6,10-11,13-14H,7-9H2,1H3/t10-,11+,13-,14-/m1/s1. The van der Waals surface area contributed by atoms with Crippen LogP contribution in [-0.4, -0.2) is 33.6 Å². The Hall–Kier alpha value is -0.880. The van der Waals surface area contributed by atoms with E-state index in [1.807, 2.05) is 0 Å². The summed E-state index contributed by atoms with van der Waals surface area (Å²) in [5.74, 6) is 0.00317. The molecule has 0 saturated heterocycles. The van der Waals surface area contributed by atoms with Gasteiger partial charge in [0.05, 0.1) is 15.4 Å². The monoisotopic (exact) mass is 314 g/mol. The van der Waals surface area contributed by atoms with Gasteiger partial charge in [0.2, 0.25) is 0 Å². The third kappa shape index (κ3) is 2.09. The molecule has 2 bridgehead atoms. The molecule has 4 nitrogen and oxygen atoms in total. The van der Waals surface area contributed by atoms with Crippen molar-refractivity contribution in [2.75, 3.05) is 6.26 Å². The minimum atomic E-state index is -3.58. The zero-order chi connectivity index (χ0) is 14.5. The Bertz CT molecular complexity index is 707. The van der Waals surface area contributed by atoms with Crippen molar-refractivity contribution in [2.45, 2.75) is 34.7 Å². The fourth-order valence-corrected chi connectivity index (χ4v) is 8.86. The van der Waals surface area contributed by atoms with E-state index in [1.165, 1.54) is 6.26 Å². The van der Waals surface area contributed by atoms with Crippen molar-refractivity contribution < 1.29 is 16.8 Å². The van der Waals surface area contributed by atoms with E-state index in [2.05, 4.69) is 0 Å². The van der Waals surface area contributed by atoms with Crippen LogP contribution in [0.3, 0.4) is 0 Å². The summed E-state index contributed by atoms with van der Waals surface area (Å²) in [5, 5.41) is -1.50. The highest BCUT2D eigenvalue weighted by Gasteiger charge is 2.57. The van der Waals surface area contributed by atoms with E-state index in [9.17, 15) is 16.8 Å². The van der Waals surface area contributed by atoms with Crippen LogP contribution in [0.4, 0.5) is 0 Å². The molecule has 6 heteroatoms. The quantitative estimate of drug-likeness (QED) is 0.851. The second-order valence-corrected chi connectivity index (χ2v) is 10.3. The van der Waals surface area contributed by atoms with Crippen molar-refractivity contribution in [3.05, 3.63) is 30.3 Å². The Morgan fingerprint density at radius 3 is 2.00 bits per heavy atom. The predicted molar refractivity (Wildman–Crippen MR) is 76.9 cm³/mol. The maximum Gasteiger partial charge on any atom is 0.182 e. The van der Waals surface area contributed by atoms with Crippen LogP contribution in [0.15, 0.2) is 35.2 Å². The highest BCUT2D eigenvalue weighted by atomic mass is 32.2. The number of sulfone groups is 2. The van der Waals surface area contributed by atoms with Gasteiger partial charge in [-0.3, -0.25) is 0 Å². The average molecular weight is 314 g/mol. The fourth-order valence-electron chi connectivity index (χ4n) is 3.98. The van der Waals surface area contributed by atoms with Crippen molar-refractivity contribution in [1.29, 1.82) is 0 Å². The van der Waals surface area contributed by atoms with Gasteiger partial charge in [-0.2, -0.15) is 0 Å². The molecule has 3 rings (SSSR count). The first-order valence-electron chi connectivity index (χ1n) is 6.79. The zero-order valence-electron chi connectivity index (χ0n) is 11.3. The molecule has 0 N–H and O–H groups in total. The molecule has 0 heterocycles. The second kappa shape index (κ2) is 4.56. The van der Waals surface area contributed by atoms with E-state index < -0.39 is 30.2 Å². The van der Waals surface area contributed by atoms with E-state index in [0.717, 1.165) is 19.3 Å². The molecule has 110 valence electrons. The molecule has 0 unspecified atom stereocenters. The van der Waals surface area contributed by atoms with E-state index in [1.54, 1.807) is 30.3 Å². The largest absolute Gasteiger partial charge is 0.229 e. The minimum absolute atomic E-state index is 0.00932. The lowest BCUT2D eigenvalue weighted by molar-refractivity contribution is 0.455. The summed E-state index contributed by atoms with van der Waals surface area (Å²) in [5.41, 5.74) is 0. The predicted octanol–water partition coefficient (Wildman–Crippen LogP) is 1.67. The molecule has 0 aromatic heterocycles. The molecule has 2 fully saturated rings. The molecule has 4 atom stereocenters. The Labute approximate surface area is 120 Å². The van der Waals surface area contributed by atoms with Crippen LogP contribution in [0.5, 0.6) is 0 Å². The summed E-state index contributed by atoms with van der Waals surface area (Å²) >= 11 is 0. The third-order valence-electron chi connectivity index (χ3n) is 4.69. The van der Waals surface area contributed by atoms with Gasteiger partial charge in [-0.05, 0) is 43.2 Å². The molecule has 0 spiro atoms. The maximum absolute atomic E-state index is 12.8. The van der Waals surface area contributed by atoms with Gasteiger partial charge in [-0.15, -0.1) is 0 Å². The average Bonchev–Trinajstić information content (AvgIpc) is 2.99. The lowest BCUT2D eigenvalue weighted by atomic mass is 10.00. The van der Waals surface area contributed by atoms with Crippen LogP contribution in [-0.2, 0) is 19.7 Å². The Balaban J connectivity index is 2.09. The Morgan fingerprint density at radius 2 is 1.45 bits per heavy atom. The van der Waals surface area contributed by atoms with Crippen LogP contribution in [0, 0.1) is 11.8 Å². The minimum Gasteiger partial charge on any atom is -0.229 e. The molecule has 1 aromatic rings. The lowest BCUT2D eigenvalue weighted by Crippen LogP contribution is -2.43. The first-order valence-corrected chi connectivity index (χ1v) is 10.3. The molecular formula is C14H18O4S2. The van der Waals surface area contributed by atoms with Gasteiger partial charge in [0, 0.05) is 6.26 Å². The second-order valence-electron chi connectivity index (χ2n) is 5.95. The number of hydrogen-bond acceptors (Lipinski definition) is 4. The van der Waals surface area contributed by atoms with Gasteiger partial charge in [0.1, 0.15) is 0 Å². The molecule has 2 aliphatic rings. The molecule has 1 aromatic carbocycles. The van der Waals surface area contributed by atoms with Gasteiger partial charge in [-0.25, -0.2) is 16.8 Å². The van der Waals surface area contributed by atoms with E-state index in [0.29, 0.717) is 0 Å². The van der Waals surface area contributed by atoms with Gasteiger partial charge in [0.25, 0.3) is 0 Å². The molecule has 2 aliphatic carbocycles. The zero-order valence-corrected chi connectivity index (χ0v) is 12.9. The number of rotatable bonds is 3. The number of hydrogen-bond donors (Lipinski definition) is 0. The smallest absolute Gasteiger partial charge is 0.182 e. The highest BCUT2D eigenvalue weighted by Crippen LogP contribution is 2.51. The first-order chi connectivity index (χ1) is 9.32. The van der Waals surface area contributed by atoms with Gasteiger partial charge in [0.15, 0.2) is 19.7 Å². The van der Waals surface area contributed by atoms with Crippen molar-refractivity contribution in [1.82, 2.24) is 0 Å². The van der Waals surface area contributed by atoms with E-state index in [4.69, 9.17) is 0 Å². The molecule has 20 heavy (non-hydrogen) atoms.